The van der Waals surface area contributed by atoms with E-state index in [2.05, 4.69) is 30.9 Å². The zero-order valence-electron chi connectivity index (χ0n) is 14.1. The standard InChI is InChI=1S/C6H16N2O2S.C4H11N.C2H5NO2S/c1-3-8(4-2)5-6-11(7,9)10;1-3-5-4-2;1-2-6(3,4)5/h3-6H2,1-2H3,(H2,7,9,10);5H,3-4H2,1-2H3;2H,1H2,(H2,3,4,5). The first-order valence-corrected chi connectivity index (χ1v) is 10.4. The molecule has 0 bridgehead atoms. The summed E-state index contributed by atoms with van der Waals surface area (Å²) in [5.74, 6) is 0.0503. The second-order valence-corrected chi connectivity index (χ2v) is 7.35. The van der Waals surface area contributed by atoms with Gasteiger partial charge in [0.15, 0.2) is 0 Å². The third-order valence-corrected chi connectivity index (χ3v) is 3.53. The van der Waals surface area contributed by atoms with E-state index in [-0.39, 0.29) is 5.75 Å². The van der Waals surface area contributed by atoms with Crippen molar-refractivity contribution in [2.24, 2.45) is 10.3 Å². The van der Waals surface area contributed by atoms with Crippen molar-refractivity contribution in [3.05, 3.63) is 12.0 Å². The van der Waals surface area contributed by atoms with Gasteiger partial charge in [0.05, 0.1) is 5.75 Å². The van der Waals surface area contributed by atoms with Crippen LogP contribution in [0.15, 0.2) is 12.0 Å². The van der Waals surface area contributed by atoms with Crippen molar-refractivity contribution in [2.75, 3.05) is 38.5 Å². The predicted molar refractivity (Wildman–Crippen MR) is 93.3 cm³/mol. The fourth-order valence-corrected chi connectivity index (χ4v) is 1.56. The van der Waals surface area contributed by atoms with Gasteiger partial charge in [-0.25, -0.2) is 27.1 Å². The number of primary sulfonamides is 2. The lowest BCUT2D eigenvalue weighted by molar-refractivity contribution is 0.322. The van der Waals surface area contributed by atoms with E-state index in [1.54, 1.807) is 0 Å². The Kier molecular flexibility index (Phi) is 18.4. The summed E-state index contributed by atoms with van der Waals surface area (Å²) in [6.07, 6.45) is 0. The largest absolute Gasteiger partial charge is 0.317 e. The van der Waals surface area contributed by atoms with Crippen LogP contribution in [0, 0.1) is 0 Å². The molecule has 0 aliphatic carbocycles. The van der Waals surface area contributed by atoms with E-state index in [0.717, 1.165) is 26.2 Å². The summed E-state index contributed by atoms with van der Waals surface area (Å²) in [7, 11) is -6.68. The summed E-state index contributed by atoms with van der Waals surface area (Å²) >= 11 is 0. The topological polar surface area (TPSA) is 136 Å². The minimum atomic E-state index is -3.40. The smallest absolute Gasteiger partial charge is 0.230 e. The fourth-order valence-electron chi connectivity index (χ4n) is 1.05. The molecule has 0 spiro atoms. The van der Waals surface area contributed by atoms with Crippen LogP contribution in [-0.4, -0.2) is 60.2 Å². The highest BCUT2D eigenvalue weighted by molar-refractivity contribution is 7.92. The normalized spacial score (nSPS) is 11.0. The molecule has 0 fully saturated rings. The second-order valence-electron chi connectivity index (χ2n) is 4.11. The molecule has 10 heteroatoms. The Hall–Kier alpha value is -0.520. The van der Waals surface area contributed by atoms with Gasteiger partial charge in [0.2, 0.25) is 20.0 Å². The molecule has 0 aromatic carbocycles. The Morgan fingerprint density at radius 2 is 1.36 bits per heavy atom. The monoisotopic (exact) mass is 360 g/mol. The molecule has 0 aromatic rings. The molecule has 0 aliphatic heterocycles. The lowest BCUT2D eigenvalue weighted by Crippen LogP contribution is -2.31. The Morgan fingerprint density at radius 3 is 1.50 bits per heavy atom. The van der Waals surface area contributed by atoms with Crippen molar-refractivity contribution in [1.29, 1.82) is 0 Å². The number of hydrogen-bond acceptors (Lipinski definition) is 6. The summed E-state index contributed by atoms with van der Waals surface area (Å²) in [5.41, 5.74) is 0. The zero-order valence-corrected chi connectivity index (χ0v) is 15.7. The molecule has 0 unspecified atom stereocenters. The van der Waals surface area contributed by atoms with Crippen LogP contribution in [0.4, 0.5) is 0 Å². The maximum Gasteiger partial charge on any atom is 0.230 e. The molecule has 0 radical (unpaired) electrons. The van der Waals surface area contributed by atoms with E-state index in [1.165, 1.54) is 0 Å². The number of hydrogen-bond donors (Lipinski definition) is 3. The van der Waals surface area contributed by atoms with Crippen molar-refractivity contribution >= 4 is 20.0 Å². The lowest BCUT2D eigenvalue weighted by atomic mass is 10.5. The molecule has 0 atom stereocenters. The van der Waals surface area contributed by atoms with Gasteiger partial charge in [0, 0.05) is 12.0 Å². The number of rotatable bonds is 8. The van der Waals surface area contributed by atoms with Gasteiger partial charge in [-0.05, 0) is 26.2 Å². The van der Waals surface area contributed by atoms with Gasteiger partial charge >= 0.3 is 0 Å². The van der Waals surface area contributed by atoms with E-state index in [0.29, 0.717) is 12.0 Å². The highest BCUT2D eigenvalue weighted by atomic mass is 32.2. The molecular formula is C12H32N4O4S2. The fraction of sp³-hybridized carbons (Fsp3) is 0.833. The predicted octanol–water partition coefficient (Wildman–Crippen LogP) is -0.349. The Morgan fingerprint density at radius 1 is 1.00 bits per heavy atom. The van der Waals surface area contributed by atoms with Crippen LogP contribution < -0.4 is 15.6 Å². The Labute approximate surface area is 136 Å². The number of nitrogens with two attached hydrogens (primary N) is 2. The summed E-state index contributed by atoms with van der Waals surface area (Å²) in [6, 6.07) is 0. The van der Waals surface area contributed by atoms with Crippen LogP contribution in [0.3, 0.4) is 0 Å². The highest BCUT2D eigenvalue weighted by Crippen LogP contribution is 1.87. The van der Waals surface area contributed by atoms with Crippen molar-refractivity contribution in [3.63, 3.8) is 0 Å². The molecule has 0 heterocycles. The van der Waals surface area contributed by atoms with E-state index < -0.39 is 20.0 Å². The van der Waals surface area contributed by atoms with Crippen molar-refractivity contribution in [1.82, 2.24) is 10.2 Å². The van der Waals surface area contributed by atoms with Gasteiger partial charge in [-0.15, -0.1) is 0 Å². The first kappa shape index (κ1) is 26.4. The lowest BCUT2D eigenvalue weighted by Gasteiger charge is -2.16. The number of sulfonamides is 2. The van der Waals surface area contributed by atoms with Gasteiger partial charge in [-0.1, -0.05) is 34.3 Å². The molecule has 22 heavy (non-hydrogen) atoms. The van der Waals surface area contributed by atoms with Gasteiger partial charge < -0.3 is 10.2 Å². The van der Waals surface area contributed by atoms with Crippen molar-refractivity contribution < 1.29 is 16.8 Å². The molecule has 0 saturated carbocycles. The van der Waals surface area contributed by atoms with Crippen molar-refractivity contribution in [2.45, 2.75) is 27.7 Å². The molecule has 0 saturated heterocycles. The SMILES string of the molecule is C=CS(N)(=O)=O.CCN(CC)CCS(N)(=O)=O.CCNCC. The maximum atomic E-state index is 10.5. The minimum absolute atomic E-state index is 0.0503. The zero-order chi connectivity index (χ0) is 18.2. The average molecular weight is 361 g/mol. The summed E-state index contributed by atoms with van der Waals surface area (Å²) in [5, 5.41) is 13.0. The van der Waals surface area contributed by atoms with Gasteiger partial charge in [0.1, 0.15) is 0 Å². The summed E-state index contributed by atoms with van der Waals surface area (Å²) < 4.78 is 40.4. The van der Waals surface area contributed by atoms with E-state index in [1.807, 2.05) is 18.7 Å². The summed E-state index contributed by atoms with van der Waals surface area (Å²) in [6.45, 7) is 15.6. The van der Waals surface area contributed by atoms with Crippen LogP contribution in [0.25, 0.3) is 0 Å². The molecule has 136 valence electrons. The molecule has 0 aromatic heterocycles. The molecule has 0 amide bonds. The van der Waals surface area contributed by atoms with Gasteiger partial charge in [-0.2, -0.15) is 0 Å². The minimum Gasteiger partial charge on any atom is -0.317 e. The quantitative estimate of drug-likeness (QED) is 0.541. The van der Waals surface area contributed by atoms with Crippen LogP contribution in [0.1, 0.15) is 27.7 Å². The van der Waals surface area contributed by atoms with E-state index in [9.17, 15) is 16.8 Å². The second kappa shape index (κ2) is 15.4. The number of nitrogens with zero attached hydrogens (tertiary/aromatic N) is 1. The third-order valence-electron chi connectivity index (χ3n) is 2.32. The first-order chi connectivity index (χ1) is 9.97. The van der Waals surface area contributed by atoms with Gasteiger partial charge in [-0.3, -0.25) is 0 Å². The van der Waals surface area contributed by atoms with E-state index >= 15 is 0 Å². The van der Waals surface area contributed by atoms with Crippen LogP contribution >= 0.6 is 0 Å². The molecule has 8 nitrogen and oxygen atoms in total. The third kappa shape index (κ3) is 31.7. The molecular weight excluding hydrogens is 328 g/mol. The first-order valence-electron chi connectivity index (χ1n) is 7.05. The Bertz CT molecular complexity index is 432. The maximum absolute atomic E-state index is 10.5. The number of nitrogens with one attached hydrogen (secondary N) is 1. The van der Waals surface area contributed by atoms with E-state index in [4.69, 9.17) is 5.14 Å². The van der Waals surface area contributed by atoms with Crippen LogP contribution in [0.5, 0.6) is 0 Å². The highest BCUT2D eigenvalue weighted by Gasteiger charge is 2.05. The summed E-state index contributed by atoms with van der Waals surface area (Å²) in [4.78, 5) is 2.02. The van der Waals surface area contributed by atoms with Crippen molar-refractivity contribution in [3.8, 4) is 0 Å². The molecule has 0 rings (SSSR count). The molecule has 5 N–H and O–H groups in total. The van der Waals surface area contributed by atoms with Crippen LogP contribution in [0.2, 0.25) is 0 Å². The van der Waals surface area contributed by atoms with Gasteiger partial charge in [0.25, 0.3) is 0 Å². The average Bonchev–Trinajstić information content (AvgIpc) is 2.40. The Balaban J connectivity index is -0.000000277. The molecule has 0 aliphatic rings. The van der Waals surface area contributed by atoms with Crippen LogP contribution in [-0.2, 0) is 20.0 Å².